The largest absolute Gasteiger partial charge is 0.469 e. The lowest BCUT2D eigenvalue weighted by atomic mass is 9.94. The second-order valence-electron chi connectivity index (χ2n) is 15.5. The van der Waals surface area contributed by atoms with Crippen molar-refractivity contribution in [2.24, 2.45) is 17.8 Å². The Hall–Kier alpha value is -4.32. The molecule has 1 aliphatic rings. The Morgan fingerprint density at radius 3 is 1.85 bits per heavy atom. The van der Waals surface area contributed by atoms with Gasteiger partial charge in [-0.05, 0) is 50.5 Å². The molecule has 1 aliphatic heterocycles. The summed E-state index contributed by atoms with van der Waals surface area (Å²) in [6, 6.07) is 2.50. The highest BCUT2D eigenvalue weighted by atomic mass is 16.6. The van der Waals surface area contributed by atoms with E-state index in [9.17, 15) is 44.1 Å². The van der Waals surface area contributed by atoms with Crippen LogP contribution in [0.4, 0.5) is 4.79 Å². The SMILES string of the molecule is COC(=O)C[C@H](NC(=O)[C@H]1OC(O)[C@H](NC(=O)[C@H](CC(C)C)NC(=O)[C@@H](NC(=O)[C@@H](NC(=O)OC(C)(C)C)C(C)C)C(C)C)[C@@H](O)[C@H]1O)c1ccccc1. The highest BCUT2D eigenvalue weighted by Gasteiger charge is 2.48. The predicted octanol–water partition coefficient (Wildman–Crippen LogP) is 0.552. The molecular weight excluding hydrogens is 706 g/mol. The molecule has 1 saturated heterocycles. The number of esters is 1. The second-order valence-corrected chi connectivity index (χ2v) is 15.5. The lowest BCUT2D eigenvalue weighted by Crippen LogP contribution is -2.67. The first kappa shape index (κ1) is 45.8. The number of hydrogen-bond acceptors (Lipinski definition) is 12. The van der Waals surface area contributed by atoms with E-state index in [-0.39, 0.29) is 24.7 Å². The van der Waals surface area contributed by atoms with Gasteiger partial charge in [0.2, 0.25) is 17.7 Å². The van der Waals surface area contributed by atoms with E-state index in [1.165, 1.54) is 7.11 Å². The van der Waals surface area contributed by atoms with Crippen LogP contribution in [0.2, 0.25) is 0 Å². The molecule has 0 bridgehead atoms. The summed E-state index contributed by atoms with van der Waals surface area (Å²) in [6.07, 6.45) is -8.60. The molecule has 0 aromatic heterocycles. The lowest BCUT2D eigenvalue weighted by Gasteiger charge is -2.41. The number of amides is 5. The second kappa shape index (κ2) is 20.4. The van der Waals surface area contributed by atoms with Crippen LogP contribution in [-0.4, -0.2) is 112 Å². The molecule has 54 heavy (non-hydrogen) atoms. The fraction of sp³-hybridized carbons (Fsp3) is 0.676. The predicted molar refractivity (Wildman–Crippen MR) is 195 cm³/mol. The molecule has 9 atom stereocenters. The molecule has 0 radical (unpaired) electrons. The molecule has 0 spiro atoms. The Labute approximate surface area is 316 Å². The Morgan fingerprint density at radius 1 is 0.778 bits per heavy atom. The maximum Gasteiger partial charge on any atom is 0.408 e. The molecule has 1 unspecified atom stereocenters. The zero-order valence-corrected chi connectivity index (χ0v) is 32.7. The zero-order valence-electron chi connectivity index (χ0n) is 32.7. The number of methoxy groups -OCH3 is 1. The van der Waals surface area contributed by atoms with Gasteiger partial charge in [0.25, 0.3) is 5.91 Å². The molecule has 17 heteroatoms. The van der Waals surface area contributed by atoms with Gasteiger partial charge in [-0.25, -0.2) is 4.79 Å². The van der Waals surface area contributed by atoms with Gasteiger partial charge in [-0.2, -0.15) is 0 Å². The summed E-state index contributed by atoms with van der Waals surface area (Å²) in [5.41, 5.74) is -0.264. The number of carbonyl (C=O) groups excluding carboxylic acids is 6. The lowest BCUT2D eigenvalue weighted by molar-refractivity contribution is -0.243. The molecule has 0 aliphatic carbocycles. The number of benzene rings is 1. The van der Waals surface area contributed by atoms with Crippen molar-refractivity contribution in [1.29, 1.82) is 0 Å². The molecule has 0 saturated carbocycles. The molecule has 304 valence electrons. The van der Waals surface area contributed by atoms with E-state index in [0.717, 1.165) is 0 Å². The summed E-state index contributed by atoms with van der Waals surface area (Å²) in [7, 11) is 1.19. The van der Waals surface area contributed by atoms with Crippen LogP contribution in [0.3, 0.4) is 0 Å². The third-order valence-electron chi connectivity index (χ3n) is 8.51. The molecule has 2 rings (SSSR count). The van der Waals surface area contributed by atoms with Crippen molar-refractivity contribution in [2.75, 3.05) is 7.11 Å². The van der Waals surface area contributed by atoms with Gasteiger partial charge in [-0.3, -0.25) is 24.0 Å². The fourth-order valence-electron chi connectivity index (χ4n) is 5.67. The standard InChI is InChI=1S/C37H59N5O12/c1-18(2)16-23(39-32(47)25(19(3)4)40-33(48)26(20(5)6)42-36(51)54-37(7,8)9)31(46)41-27-28(44)29(45)30(53-35(27)50)34(49)38-22(17-24(43)52-10)21-14-12-11-13-15-21/h11-15,18-20,22-23,25-30,35,44-45,50H,16-17H2,1-10H3,(H,38,49)(H,39,47)(H,40,48)(H,41,46)(H,42,51)/t22-,23-,25-,26-,27+,28+,29+,30-,35?/m0/s1. The summed E-state index contributed by atoms with van der Waals surface area (Å²) in [4.78, 5) is 78.4. The number of ether oxygens (including phenoxy) is 3. The van der Waals surface area contributed by atoms with Crippen molar-refractivity contribution in [1.82, 2.24) is 26.6 Å². The van der Waals surface area contributed by atoms with E-state index >= 15 is 0 Å². The van der Waals surface area contributed by atoms with E-state index in [4.69, 9.17) is 14.2 Å². The highest BCUT2D eigenvalue weighted by molar-refractivity contribution is 5.94. The van der Waals surface area contributed by atoms with E-state index in [1.807, 2.05) is 0 Å². The molecular formula is C37H59N5O12. The summed E-state index contributed by atoms with van der Waals surface area (Å²) in [5.74, 6) is -4.77. The third-order valence-corrected chi connectivity index (χ3v) is 8.51. The van der Waals surface area contributed by atoms with E-state index in [0.29, 0.717) is 5.56 Å². The van der Waals surface area contributed by atoms with Crippen LogP contribution in [0, 0.1) is 17.8 Å². The number of carbonyl (C=O) groups is 6. The van der Waals surface area contributed by atoms with Crippen molar-refractivity contribution in [2.45, 2.75) is 136 Å². The van der Waals surface area contributed by atoms with Crippen LogP contribution in [-0.2, 0) is 38.2 Å². The first-order valence-electron chi connectivity index (χ1n) is 18.1. The number of hydrogen-bond donors (Lipinski definition) is 8. The molecule has 1 aromatic carbocycles. The summed E-state index contributed by atoms with van der Waals surface area (Å²) in [5, 5.41) is 45.6. The maximum atomic E-state index is 13.6. The molecule has 1 heterocycles. The average Bonchev–Trinajstić information content (AvgIpc) is 3.07. The average molecular weight is 766 g/mol. The molecule has 5 amide bonds. The molecule has 8 N–H and O–H groups in total. The summed E-state index contributed by atoms with van der Waals surface area (Å²) >= 11 is 0. The summed E-state index contributed by atoms with van der Waals surface area (Å²) in [6.45, 7) is 15.4. The Balaban J connectivity index is 2.18. The quantitative estimate of drug-likeness (QED) is 0.108. The Morgan fingerprint density at radius 2 is 1.33 bits per heavy atom. The van der Waals surface area contributed by atoms with Crippen molar-refractivity contribution in [3.05, 3.63) is 35.9 Å². The van der Waals surface area contributed by atoms with Gasteiger partial charge in [0.1, 0.15) is 42.0 Å². The van der Waals surface area contributed by atoms with Crippen LogP contribution in [0.15, 0.2) is 30.3 Å². The maximum absolute atomic E-state index is 13.6. The number of aliphatic hydroxyl groups excluding tert-OH is 3. The van der Waals surface area contributed by atoms with Gasteiger partial charge >= 0.3 is 12.1 Å². The number of rotatable bonds is 16. The topological polar surface area (TPSA) is 251 Å². The van der Waals surface area contributed by atoms with Crippen molar-refractivity contribution < 1.29 is 58.3 Å². The van der Waals surface area contributed by atoms with Crippen LogP contribution >= 0.6 is 0 Å². The van der Waals surface area contributed by atoms with Crippen LogP contribution in [0.1, 0.15) is 86.8 Å². The number of alkyl carbamates (subject to hydrolysis) is 1. The van der Waals surface area contributed by atoms with Gasteiger partial charge in [0.05, 0.1) is 19.6 Å². The van der Waals surface area contributed by atoms with Crippen molar-refractivity contribution >= 4 is 35.7 Å². The molecule has 1 aromatic rings. The van der Waals surface area contributed by atoms with E-state index in [2.05, 4.69) is 26.6 Å². The van der Waals surface area contributed by atoms with E-state index < -0.39 is 102 Å². The monoisotopic (exact) mass is 765 g/mol. The van der Waals surface area contributed by atoms with Crippen molar-refractivity contribution in [3.63, 3.8) is 0 Å². The van der Waals surface area contributed by atoms with Crippen LogP contribution in [0.5, 0.6) is 0 Å². The minimum Gasteiger partial charge on any atom is -0.469 e. The number of aliphatic hydroxyl groups is 3. The van der Waals surface area contributed by atoms with Gasteiger partial charge in [0.15, 0.2) is 12.4 Å². The van der Waals surface area contributed by atoms with Gasteiger partial charge in [0, 0.05) is 0 Å². The van der Waals surface area contributed by atoms with Crippen LogP contribution in [0.25, 0.3) is 0 Å². The first-order chi connectivity index (χ1) is 25.1. The van der Waals surface area contributed by atoms with Crippen molar-refractivity contribution in [3.8, 4) is 0 Å². The summed E-state index contributed by atoms with van der Waals surface area (Å²) < 4.78 is 15.4. The Bertz CT molecular complexity index is 1430. The number of nitrogens with one attached hydrogen (secondary N) is 5. The zero-order chi connectivity index (χ0) is 41.1. The van der Waals surface area contributed by atoms with Gasteiger partial charge in [-0.1, -0.05) is 71.9 Å². The van der Waals surface area contributed by atoms with Gasteiger partial charge in [-0.15, -0.1) is 0 Å². The highest BCUT2D eigenvalue weighted by Crippen LogP contribution is 2.24. The Kier molecular flexibility index (Phi) is 17.3. The molecule has 17 nitrogen and oxygen atoms in total. The smallest absolute Gasteiger partial charge is 0.408 e. The first-order valence-corrected chi connectivity index (χ1v) is 18.1. The minimum atomic E-state index is -1.98. The molecule has 1 fully saturated rings. The van der Waals surface area contributed by atoms with E-state index in [1.54, 1.807) is 92.6 Å². The third kappa shape index (κ3) is 13.8. The fourth-order valence-corrected chi connectivity index (χ4v) is 5.67. The normalized spacial score (nSPS) is 22.3. The van der Waals surface area contributed by atoms with Crippen LogP contribution < -0.4 is 26.6 Å². The van der Waals surface area contributed by atoms with Gasteiger partial charge < -0.3 is 56.1 Å². The minimum absolute atomic E-state index is 0.0968.